The summed E-state index contributed by atoms with van der Waals surface area (Å²) in [5, 5.41) is 3.16. The van der Waals surface area contributed by atoms with Gasteiger partial charge in [-0.2, -0.15) is 0 Å². The molecule has 0 fully saturated rings. The second-order valence-electron chi connectivity index (χ2n) is 9.74. The predicted molar refractivity (Wildman–Crippen MR) is 158 cm³/mol. The average molecular weight is 586 g/mol. The molecule has 0 bridgehead atoms. The molecule has 0 aromatic heterocycles. The van der Waals surface area contributed by atoms with Crippen LogP contribution in [0.15, 0.2) is 77.7 Å². The molecule has 0 saturated heterocycles. The van der Waals surface area contributed by atoms with Crippen LogP contribution < -0.4 is 14.4 Å². The molecule has 40 heavy (non-hydrogen) atoms. The molecule has 214 valence electrons. The number of sulfonamides is 1. The first-order valence-electron chi connectivity index (χ1n) is 13.0. The first-order chi connectivity index (χ1) is 19.0. The SMILES string of the molecule is CC[C@H](C(=O)NC(C)C)N(Cc1cccc(C)c1)C(=O)CN(c1cc(Cl)ccc1OC)S(=O)(=O)c1ccccc1. The Morgan fingerprint density at radius 3 is 2.30 bits per heavy atom. The van der Waals surface area contributed by atoms with Gasteiger partial charge in [0, 0.05) is 17.6 Å². The first-order valence-corrected chi connectivity index (χ1v) is 14.9. The van der Waals surface area contributed by atoms with E-state index in [1.165, 1.54) is 30.2 Å². The summed E-state index contributed by atoms with van der Waals surface area (Å²) in [6.45, 7) is 6.99. The second kappa shape index (κ2) is 13.7. The Labute approximate surface area is 241 Å². The van der Waals surface area contributed by atoms with E-state index < -0.39 is 28.5 Å². The van der Waals surface area contributed by atoms with E-state index in [1.54, 1.807) is 30.3 Å². The van der Waals surface area contributed by atoms with E-state index in [4.69, 9.17) is 16.3 Å². The van der Waals surface area contributed by atoms with E-state index in [0.717, 1.165) is 15.4 Å². The zero-order valence-electron chi connectivity index (χ0n) is 23.4. The molecule has 0 aliphatic carbocycles. The van der Waals surface area contributed by atoms with Gasteiger partial charge >= 0.3 is 0 Å². The lowest BCUT2D eigenvalue weighted by atomic mass is 10.1. The van der Waals surface area contributed by atoms with Crippen LogP contribution in [0.1, 0.15) is 38.3 Å². The van der Waals surface area contributed by atoms with Crippen LogP contribution in [0.2, 0.25) is 5.02 Å². The predicted octanol–water partition coefficient (Wildman–Crippen LogP) is 5.18. The van der Waals surface area contributed by atoms with Gasteiger partial charge in [-0.3, -0.25) is 13.9 Å². The molecule has 0 aliphatic heterocycles. The summed E-state index contributed by atoms with van der Waals surface area (Å²) in [7, 11) is -2.82. The highest BCUT2D eigenvalue weighted by Gasteiger charge is 2.35. The van der Waals surface area contributed by atoms with Crippen molar-refractivity contribution in [3.8, 4) is 5.75 Å². The highest BCUT2D eigenvalue weighted by atomic mass is 35.5. The van der Waals surface area contributed by atoms with E-state index >= 15 is 0 Å². The van der Waals surface area contributed by atoms with Crippen molar-refractivity contribution >= 4 is 39.1 Å². The average Bonchev–Trinajstić information content (AvgIpc) is 2.91. The lowest BCUT2D eigenvalue weighted by Crippen LogP contribution is -2.53. The molecule has 2 amide bonds. The van der Waals surface area contributed by atoms with Gasteiger partial charge in [-0.25, -0.2) is 8.42 Å². The van der Waals surface area contributed by atoms with Gasteiger partial charge in [-0.05, 0) is 63.1 Å². The fourth-order valence-electron chi connectivity index (χ4n) is 4.40. The van der Waals surface area contributed by atoms with Gasteiger partial charge in [0.05, 0.1) is 17.7 Å². The van der Waals surface area contributed by atoms with Gasteiger partial charge in [-0.1, -0.05) is 66.6 Å². The minimum absolute atomic E-state index is 0.000319. The number of anilines is 1. The molecule has 0 saturated carbocycles. The standard InChI is InChI=1S/C30H36ClN3O5S/c1-6-26(30(36)32-21(2)3)33(19-23-12-10-11-22(4)17-23)29(35)20-34(27-18-24(31)15-16-28(27)39-5)40(37,38)25-13-8-7-9-14-25/h7-18,21,26H,6,19-20H2,1-5H3,(H,32,36)/t26-/m1/s1. The minimum Gasteiger partial charge on any atom is -0.495 e. The number of nitrogens with zero attached hydrogens (tertiary/aromatic N) is 2. The Kier molecular flexibility index (Phi) is 10.6. The summed E-state index contributed by atoms with van der Waals surface area (Å²) in [6, 6.07) is 19.1. The van der Waals surface area contributed by atoms with Crippen molar-refractivity contribution in [2.75, 3.05) is 18.0 Å². The molecule has 0 heterocycles. The molecular formula is C30H36ClN3O5S. The highest BCUT2D eigenvalue weighted by Crippen LogP contribution is 2.35. The van der Waals surface area contributed by atoms with E-state index in [-0.39, 0.29) is 39.8 Å². The van der Waals surface area contributed by atoms with Crippen molar-refractivity contribution in [2.45, 2.75) is 57.6 Å². The third-order valence-electron chi connectivity index (χ3n) is 6.27. The Balaban J connectivity index is 2.12. The summed E-state index contributed by atoms with van der Waals surface area (Å²) >= 11 is 6.27. The van der Waals surface area contributed by atoms with E-state index in [0.29, 0.717) is 6.42 Å². The Hall–Kier alpha value is -3.56. The molecule has 3 aromatic carbocycles. The summed E-state index contributed by atoms with van der Waals surface area (Å²) in [4.78, 5) is 28.8. The molecule has 0 aliphatic rings. The van der Waals surface area contributed by atoms with Gasteiger partial charge in [0.15, 0.2) is 0 Å². The van der Waals surface area contributed by atoms with Crippen LogP contribution in [0.25, 0.3) is 0 Å². The molecule has 1 atom stereocenters. The monoisotopic (exact) mass is 585 g/mol. The van der Waals surface area contributed by atoms with Crippen molar-refractivity contribution in [3.05, 3.63) is 88.9 Å². The number of ether oxygens (including phenoxy) is 1. The molecule has 0 unspecified atom stereocenters. The minimum atomic E-state index is -4.24. The largest absolute Gasteiger partial charge is 0.495 e. The van der Waals surface area contributed by atoms with Crippen LogP contribution in [-0.4, -0.2) is 50.9 Å². The van der Waals surface area contributed by atoms with Crippen molar-refractivity contribution in [2.24, 2.45) is 0 Å². The molecule has 8 nitrogen and oxygen atoms in total. The van der Waals surface area contributed by atoms with Crippen LogP contribution >= 0.6 is 11.6 Å². The molecule has 3 aromatic rings. The zero-order valence-corrected chi connectivity index (χ0v) is 25.0. The van der Waals surface area contributed by atoms with Gasteiger partial charge in [-0.15, -0.1) is 0 Å². The lowest BCUT2D eigenvalue weighted by molar-refractivity contribution is -0.140. The summed E-state index contributed by atoms with van der Waals surface area (Å²) in [5.41, 5.74) is 1.94. The van der Waals surface area contributed by atoms with Crippen molar-refractivity contribution in [3.63, 3.8) is 0 Å². The molecule has 0 radical (unpaired) electrons. The maximum absolute atomic E-state index is 14.1. The number of halogens is 1. The fourth-order valence-corrected chi connectivity index (χ4v) is 6.00. The molecular weight excluding hydrogens is 550 g/mol. The van der Waals surface area contributed by atoms with Crippen molar-refractivity contribution in [1.29, 1.82) is 0 Å². The third kappa shape index (κ3) is 7.55. The maximum Gasteiger partial charge on any atom is 0.264 e. The third-order valence-corrected chi connectivity index (χ3v) is 8.28. The number of hydrogen-bond acceptors (Lipinski definition) is 5. The smallest absolute Gasteiger partial charge is 0.264 e. The number of carbonyl (C=O) groups excluding carboxylic acids is 2. The van der Waals surface area contributed by atoms with E-state index in [1.807, 2.05) is 52.0 Å². The lowest BCUT2D eigenvalue weighted by Gasteiger charge is -2.34. The number of methoxy groups -OCH3 is 1. The fraction of sp³-hybridized carbons (Fsp3) is 0.333. The number of carbonyl (C=O) groups is 2. The topological polar surface area (TPSA) is 96.0 Å². The van der Waals surface area contributed by atoms with Gasteiger partial charge < -0.3 is 15.0 Å². The molecule has 3 rings (SSSR count). The summed E-state index contributed by atoms with van der Waals surface area (Å²) in [6.07, 6.45) is 0.335. The number of rotatable bonds is 12. The molecule has 0 spiro atoms. The van der Waals surface area contributed by atoms with E-state index in [9.17, 15) is 18.0 Å². The zero-order chi connectivity index (χ0) is 29.4. The second-order valence-corrected chi connectivity index (χ2v) is 12.0. The van der Waals surface area contributed by atoms with Crippen LogP contribution in [0, 0.1) is 6.92 Å². The highest BCUT2D eigenvalue weighted by molar-refractivity contribution is 7.92. The molecule has 10 heteroatoms. The summed E-state index contributed by atoms with van der Waals surface area (Å²) in [5.74, 6) is -0.628. The Morgan fingerprint density at radius 1 is 1.00 bits per heavy atom. The molecule has 1 N–H and O–H groups in total. The normalized spacial score (nSPS) is 12.1. The quantitative estimate of drug-likeness (QED) is 0.316. The Morgan fingerprint density at radius 2 is 1.70 bits per heavy atom. The number of hydrogen-bond donors (Lipinski definition) is 1. The number of aryl methyl sites for hydroxylation is 1. The number of nitrogens with one attached hydrogen (secondary N) is 1. The number of amides is 2. The summed E-state index contributed by atoms with van der Waals surface area (Å²) < 4.78 is 34.4. The van der Waals surface area contributed by atoms with E-state index in [2.05, 4.69) is 5.32 Å². The van der Waals surface area contributed by atoms with Gasteiger partial charge in [0.25, 0.3) is 10.0 Å². The van der Waals surface area contributed by atoms with Crippen LogP contribution in [-0.2, 0) is 26.2 Å². The maximum atomic E-state index is 14.1. The van der Waals surface area contributed by atoms with Gasteiger partial charge in [0.2, 0.25) is 11.8 Å². The van der Waals surface area contributed by atoms with Crippen molar-refractivity contribution in [1.82, 2.24) is 10.2 Å². The Bertz CT molecular complexity index is 1430. The first kappa shape index (κ1) is 31.0. The van der Waals surface area contributed by atoms with Crippen LogP contribution in [0.5, 0.6) is 5.75 Å². The van der Waals surface area contributed by atoms with Gasteiger partial charge in [0.1, 0.15) is 18.3 Å². The van der Waals surface area contributed by atoms with Crippen LogP contribution in [0.3, 0.4) is 0 Å². The van der Waals surface area contributed by atoms with Crippen molar-refractivity contribution < 1.29 is 22.7 Å². The number of benzene rings is 3. The van der Waals surface area contributed by atoms with Crippen LogP contribution in [0.4, 0.5) is 5.69 Å².